The summed E-state index contributed by atoms with van der Waals surface area (Å²) in [4.78, 5) is 2.39. The molecule has 1 aliphatic rings. The fourth-order valence-corrected chi connectivity index (χ4v) is 6.32. The largest absolute Gasteiger partial charge is 0.455 e. The predicted octanol–water partition coefficient (Wildman–Crippen LogP) is 11.1. The molecular weight excluding hydrogens is 542 g/mol. The average Bonchev–Trinajstić information content (AvgIpc) is 3.32. The average molecular weight is 564 g/mol. The number of benzene rings is 6. The molecular formula is C36H22BrNO. The lowest BCUT2D eigenvalue weighted by atomic mass is 9.95. The van der Waals surface area contributed by atoms with Crippen molar-refractivity contribution in [2.24, 2.45) is 0 Å². The summed E-state index contributed by atoms with van der Waals surface area (Å²) in [6.07, 6.45) is 0. The van der Waals surface area contributed by atoms with Gasteiger partial charge in [-0.05, 0) is 59.2 Å². The second kappa shape index (κ2) is 8.72. The topological polar surface area (TPSA) is 16.4 Å². The number of anilines is 3. The molecule has 0 amide bonds. The minimum absolute atomic E-state index is 0.912. The monoisotopic (exact) mass is 563 g/mol. The fraction of sp³-hybridized carbons (Fsp3) is 0. The third kappa shape index (κ3) is 3.47. The number of furan rings is 1. The van der Waals surface area contributed by atoms with Crippen molar-refractivity contribution in [3.05, 3.63) is 138 Å². The summed E-state index contributed by atoms with van der Waals surface area (Å²) in [7, 11) is 0. The Morgan fingerprint density at radius 3 is 2.05 bits per heavy atom. The molecule has 2 nitrogen and oxygen atoms in total. The molecule has 8 rings (SSSR count). The quantitative estimate of drug-likeness (QED) is 0.208. The second-order valence-corrected chi connectivity index (χ2v) is 10.8. The summed E-state index contributed by atoms with van der Waals surface area (Å²) in [5.74, 6) is 0. The van der Waals surface area contributed by atoms with E-state index in [9.17, 15) is 0 Å². The lowest BCUT2D eigenvalue weighted by Gasteiger charge is -2.27. The Kier molecular flexibility index (Phi) is 5.01. The molecule has 6 aromatic carbocycles. The van der Waals surface area contributed by atoms with E-state index < -0.39 is 0 Å². The van der Waals surface area contributed by atoms with Crippen LogP contribution in [-0.4, -0.2) is 0 Å². The highest BCUT2D eigenvalue weighted by Crippen LogP contribution is 2.51. The number of rotatable bonds is 2. The Balaban J connectivity index is 1.38. The van der Waals surface area contributed by atoms with Gasteiger partial charge in [0.05, 0.1) is 11.4 Å². The maximum absolute atomic E-state index is 6.39. The van der Waals surface area contributed by atoms with Crippen LogP contribution in [0.3, 0.4) is 0 Å². The van der Waals surface area contributed by atoms with Crippen molar-refractivity contribution in [1.29, 1.82) is 0 Å². The third-order valence-electron chi connectivity index (χ3n) is 7.67. The van der Waals surface area contributed by atoms with Crippen LogP contribution in [0.4, 0.5) is 17.1 Å². The minimum Gasteiger partial charge on any atom is -0.455 e. The zero-order valence-corrected chi connectivity index (χ0v) is 22.5. The van der Waals surface area contributed by atoms with Crippen LogP contribution in [0, 0.1) is 0 Å². The van der Waals surface area contributed by atoms with Gasteiger partial charge in [0.2, 0.25) is 0 Å². The minimum atomic E-state index is 0.912. The Hall–Kier alpha value is -4.60. The molecule has 3 heteroatoms. The predicted molar refractivity (Wildman–Crippen MR) is 166 cm³/mol. The fourth-order valence-electron chi connectivity index (χ4n) is 5.96. The molecule has 1 aliphatic heterocycles. The molecule has 0 atom stereocenters. The van der Waals surface area contributed by atoms with Crippen LogP contribution in [-0.2, 0) is 0 Å². The molecule has 0 N–H and O–H groups in total. The molecule has 1 aromatic heterocycles. The van der Waals surface area contributed by atoms with Crippen molar-refractivity contribution in [2.45, 2.75) is 0 Å². The number of fused-ring (bicyclic) bond motifs is 8. The highest BCUT2D eigenvalue weighted by atomic mass is 79.9. The summed E-state index contributed by atoms with van der Waals surface area (Å²) in [5, 5.41) is 2.28. The van der Waals surface area contributed by atoms with Gasteiger partial charge < -0.3 is 9.32 Å². The van der Waals surface area contributed by atoms with E-state index in [1.165, 1.54) is 22.3 Å². The molecule has 184 valence electrons. The standard InChI is InChI=1S/C36H22BrNO/c37-24-19-20-34-32(22-24)28-12-2-1-11-27(28)29-13-3-5-17-33(29)38(34)25-10-7-9-23(21-25)26-15-8-16-31-30-14-4-6-18-35(30)39-36(26)31/h1-22H. The maximum Gasteiger partial charge on any atom is 0.143 e. The van der Waals surface area contributed by atoms with E-state index in [0.717, 1.165) is 54.6 Å². The van der Waals surface area contributed by atoms with Gasteiger partial charge in [-0.25, -0.2) is 0 Å². The van der Waals surface area contributed by atoms with E-state index in [1.807, 2.05) is 12.1 Å². The molecule has 0 radical (unpaired) electrons. The van der Waals surface area contributed by atoms with Crippen molar-refractivity contribution in [3.8, 4) is 33.4 Å². The summed E-state index contributed by atoms with van der Waals surface area (Å²) < 4.78 is 7.45. The zero-order chi connectivity index (χ0) is 25.9. The van der Waals surface area contributed by atoms with Crippen LogP contribution in [0.1, 0.15) is 0 Å². The first-order valence-electron chi connectivity index (χ1n) is 13.1. The molecule has 0 saturated carbocycles. The normalized spacial score (nSPS) is 12.2. The van der Waals surface area contributed by atoms with E-state index in [-0.39, 0.29) is 0 Å². The molecule has 0 spiro atoms. The number of para-hydroxylation sites is 3. The van der Waals surface area contributed by atoms with Gasteiger partial charge in [-0.3, -0.25) is 0 Å². The van der Waals surface area contributed by atoms with Crippen molar-refractivity contribution in [1.82, 2.24) is 0 Å². The van der Waals surface area contributed by atoms with Gasteiger partial charge in [0, 0.05) is 37.6 Å². The number of hydrogen-bond acceptors (Lipinski definition) is 2. The highest BCUT2D eigenvalue weighted by molar-refractivity contribution is 9.10. The van der Waals surface area contributed by atoms with Crippen LogP contribution in [0.2, 0.25) is 0 Å². The molecule has 7 aromatic rings. The first-order valence-corrected chi connectivity index (χ1v) is 13.8. The molecule has 0 bridgehead atoms. The molecule has 0 fully saturated rings. The molecule has 2 heterocycles. The van der Waals surface area contributed by atoms with Crippen LogP contribution in [0.5, 0.6) is 0 Å². The lowest BCUT2D eigenvalue weighted by molar-refractivity contribution is 0.670. The lowest BCUT2D eigenvalue weighted by Crippen LogP contribution is -2.11. The van der Waals surface area contributed by atoms with E-state index in [2.05, 4.69) is 142 Å². The number of halogens is 1. The van der Waals surface area contributed by atoms with Crippen molar-refractivity contribution >= 4 is 54.9 Å². The van der Waals surface area contributed by atoms with Gasteiger partial charge in [0.25, 0.3) is 0 Å². The Labute approximate surface area is 234 Å². The Morgan fingerprint density at radius 2 is 1.15 bits per heavy atom. The summed E-state index contributed by atoms with van der Waals surface area (Å²) >= 11 is 3.73. The van der Waals surface area contributed by atoms with Gasteiger partial charge >= 0.3 is 0 Å². The van der Waals surface area contributed by atoms with Gasteiger partial charge in [-0.2, -0.15) is 0 Å². The van der Waals surface area contributed by atoms with Gasteiger partial charge in [-0.15, -0.1) is 0 Å². The van der Waals surface area contributed by atoms with Crippen molar-refractivity contribution in [3.63, 3.8) is 0 Å². The summed E-state index contributed by atoms with van der Waals surface area (Å²) in [6.45, 7) is 0. The molecule has 39 heavy (non-hydrogen) atoms. The maximum atomic E-state index is 6.39. The van der Waals surface area contributed by atoms with Gasteiger partial charge in [-0.1, -0.05) is 107 Å². The van der Waals surface area contributed by atoms with E-state index in [0.29, 0.717) is 0 Å². The van der Waals surface area contributed by atoms with E-state index in [4.69, 9.17) is 4.42 Å². The van der Waals surface area contributed by atoms with Crippen LogP contribution >= 0.6 is 15.9 Å². The zero-order valence-electron chi connectivity index (χ0n) is 20.9. The molecule has 0 saturated heterocycles. The van der Waals surface area contributed by atoms with Crippen molar-refractivity contribution < 1.29 is 4.42 Å². The number of hydrogen-bond donors (Lipinski definition) is 0. The van der Waals surface area contributed by atoms with Crippen molar-refractivity contribution in [2.75, 3.05) is 4.90 Å². The second-order valence-electron chi connectivity index (χ2n) is 9.89. The third-order valence-corrected chi connectivity index (χ3v) is 8.16. The van der Waals surface area contributed by atoms with Gasteiger partial charge in [0.1, 0.15) is 11.2 Å². The van der Waals surface area contributed by atoms with Crippen LogP contribution in [0.25, 0.3) is 55.3 Å². The Bertz CT molecular complexity index is 2050. The van der Waals surface area contributed by atoms with Gasteiger partial charge in [0.15, 0.2) is 0 Å². The van der Waals surface area contributed by atoms with Crippen LogP contribution in [0.15, 0.2) is 142 Å². The Morgan fingerprint density at radius 1 is 0.487 bits per heavy atom. The SMILES string of the molecule is Brc1ccc2c(c1)-c1ccccc1-c1ccccc1N2c1cccc(-c2cccc3c2oc2ccccc23)c1. The van der Waals surface area contributed by atoms with Crippen LogP contribution < -0.4 is 4.90 Å². The van der Waals surface area contributed by atoms with E-state index in [1.54, 1.807) is 0 Å². The highest BCUT2D eigenvalue weighted by Gasteiger charge is 2.26. The smallest absolute Gasteiger partial charge is 0.143 e. The first-order chi connectivity index (χ1) is 19.3. The number of nitrogens with zero attached hydrogens (tertiary/aromatic N) is 1. The first kappa shape index (κ1) is 22.4. The molecule has 0 unspecified atom stereocenters. The summed E-state index contributed by atoms with van der Waals surface area (Å²) in [5.41, 5.74) is 12.3. The molecule has 0 aliphatic carbocycles. The summed E-state index contributed by atoms with van der Waals surface area (Å²) in [6, 6.07) is 47.4. The van der Waals surface area contributed by atoms with E-state index >= 15 is 0 Å².